The second-order valence-electron chi connectivity index (χ2n) is 7.70. The highest BCUT2D eigenvalue weighted by atomic mass is 16.5. The molecule has 0 bridgehead atoms. The number of hydrogen-bond donors (Lipinski definition) is 0. The first-order valence-electron chi connectivity index (χ1n) is 11.1. The van der Waals surface area contributed by atoms with Crippen molar-refractivity contribution in [3.63, 3.8) is 0 Å². The van der Waals surface area contributed by atoms with E-state index in [1.165, 1.54) is 64.2 Å². The minimum Gasteiger partial charge on any atom is -0.381 e. The van der Waals surface area contributed by atoms with Crippen LogP contribution in [0.15, 0.2) is 24.3 Å². The summed E-state index contributed by atoms with van der Waals surface area (Å²) in [4.78, 5) is 0. The molecule has 0 aromatic carbocycles. The molecule has 0 N–H and O–H groups in total. The van der Waals surface area contributed by atoms with Crippen molar-refractivity contribution in [2.45, 2.75) is 105 Å². The van der Waals surface area contributed by atoms with E-state index in [-0.39, 0.29) is 0 Å². The molecule has 0 radical (unpaired) electrons. The maximum absolute atomic E-state index is 5.83. The zero-order valence-electron chi connectivity index (χ0n) is 17.8. The number of hydrogen-bond acceptors (Lipinski definition) is 1. The Morgan fingerprint density at radius 2 is 1.08 bits per heavy atom. The number of unbranched alkanes of at least 4 members (excludes halogenated alkanes) is 8. The fourth-order valence-electron chi connectivity index (χ4n) is 2.87. The van der Waals surface area contributed by atoms with E-state index in [4.69, 9.17) is 4.74 Å². The van der Waals surface area contributed by atoms with Crippen molar-refractivity contribution in [3.05, 3.63) is 24.3 Å². The standard InChI is InChI=1S/C24H46O/c1-5-7-9-11-13-15-17-23(3)19-21-25-22-20-24(4)18-16-14-12-10-8-6-2/h15-18,23-24H,5-14,19-22H2,1-4H3. The van der Waals surface area contributed by atoms with Gasteiger partial charge in [-0.2, -0.15) is 0 Å². The molecule has 0 aromatic heterocycles. The van der Waals surface area contributed by atoms with Crippen LogP contribution in [0, 0.1) is 11.8 Å². The van der Waals surface area contributed by atoms with Gasteiger partial charge in [0.2, 0.25) is 0 Å². The second-order valence-corrected chi connectivity index (χ2v) is 7.70. The Kier molecular flexibility index (Phi) is 19.3. The van der Waals surface area contributed by atoms with Gasteiger partial charge in [-0.05, 0) is 50.4 Å². The maximum Gasteiger partial charge on any atom is 0.0471 e. The normalized spacial score (nSPS) is 14.6. The van der Waals surface area contributed by atoms with Crippen LogP contribution in [0.25, 0.3) is 0 Å². The van der Waals surface area contributed by atoms with Crippen LogP contribution in [0.3, 0.4) is 0 Å². The summed E-state index contributed by atoms with van der Waals surface area (Å²) in [6.45, 7) is 10.9. The smallest absolute Gasteiger partial charge is 0.0471 e. The van der Waals surface area contributed by atoms with Crippen LogP contribution < -0.4 is 0 Å². The summed E-state index contributed by atoms with van der Waals surface area (Å²) in [5.41, 5.74) is 0. The fourth-order valence-corrected chi connectivity index (χ4v) is 2.87. The van der Waals surface area contributed by atoms with Gasteiger partial charge in [-0.15, -0.1) is 0 Å². The monoisotopic (exact) mass is 350 g/mol. The lowest BCUT2D eigenvalue weighted by Crippen LogP contribution is -2.04. The third kappa shape index (κ3) is 19.6. The van der Waals surface area contributed by atoms with Gasteiger partial charge in [0.1, 0.15) is 0 Å². The molecule has 0 saturated carbocycles. The molecular formula is C24H46O. The molecule has 0 aliphatic rings. The van der Waals surface area contributed by atoms with Gasteiger partial charge in [-0.3, -0.25) is 0 Å². The lowest BCUT2D eigenvalue weighted by atomic mass is 10.1. The molecule has 1 heteroatoms. The van der Waals surface area contributed by atoms with Crippen molar-refractivity contribution in [1.29, 1.82) is 0 Å². The molecule has 0 aromatic rings. The molecule has 0 spiro atoms. The van der Waals surface area contributed by atoms with Crippen LogP contribution in [0.2, 0.25) is 0 Å². The van der Waals surface area contributed by atoms with Crippen molar-refractivity contribution in [2.75, 3.05) is 13.2 Å². The molecule has 0 fully saturated rings. The maximum atomic E-state index is 5.83. The average molecular weight is 351 g/mol. The van der Waals surface area contributed by atoms with Gasteiger partial charge >= 0.3 is 0 Å². The van der Waals surface area contributed by atoms with Crippen LogP contribution in [-0.2, 0) is 4.74 Å². The minimum absolute atomic E-state index is 0.645. The van der Waals surface area contributed by atoms with E-state index in [9.17, 15) is 0 Å². The van der Waals surface area contributed by atoms with Crippen molar-refractivity contribution in [1.82, 2.24) is 0 Å². The van der Waals surface area contributed by atoms with Crippen molar-refractivity contribution >= 4 is 0 Å². The summed E-state index contributed by atoms with van der Waals surface area (Å²) in [5, 5.41) is 0. The molecule has 25 heavy (non-hydrogen) atoms. The topological polar surface area (TPSA) is 9.23 Å². The van der Waals surface area contributed by atoms with E-state index in [1.807, 2.05) is 0 Å². The molecule has 0 aliphatic heterocycles. The van der Waals surface area contributed by atoms with Crippen LogP contribution in [0.1, 0.15) is 105 Å². The first-order chi connectivity index (χ1) is 12.2. The SMILES string of the molecule is CCCCCCC=CC(C)CCOCCC(C)C=CCCCCCC. The Hall–Kier alpha value is -0.560. The average Bonchev–Trinajstić information content (AvgIpc) is 2.60. The molecule has 1 nitrogen and oxygen atoms in total. The Labute approximate surface area is 159 Å². The highest BCUT2D eigenvalue weighted by Crippen LogP contribution is 2.10. The zero-order chi connectivity index (χ0) is 18.6. The molecule has 2 atom stereocenters. The van der Waals surface area contributed by atoms with Crippen molar-refractivity contribution < 1.29 is 4.74 Å². The first-order valence-corrected chi connectivity index (χ1v) is 11.1. The minimum atomic E-state index is 0.645. The fraction of sp³-hybridized carbons (Fsp3) is 0.833. The van der Waals surface area contributed by atoms with Gasteiger partial charge in [-0.1, -0.05) is 90.5 Å². The molecule has 0 rings (SSSR count). The summed E-state index contributed by atoms with van der Waals surface area (Å²) < 4.78 is 5.83. The summed E-state index contributed by atoms with van der Waals surface area (Å²) in [6.07, 6.45) is 25.1. The Morgan fingerprint density at radius 1 is 0.640 bits per heavy atom. The summed E-state index contributed by atoms with van der Waals surface area (Å²) in [5.74, 6) is 1.29. The highest BCUT2D eigenvalue weighted by Gasteiger charge is 2.00. The summed E-state index contributed by atoms with van der Waals surface area (Å²) in [6, 6.07) is 0. The van der Waals surface area contributed by atoms with E-state index >= 15 is 0 Å². The number of ether oxygens (including phenoxy) is 1. The lowest BCUT2D eigenvalue weighted by Gasteiger charge is -2.09. The van der Waals surface area contributed by atoms with Gasteiger partial charge in [0.05, 0.1) is 0 Å². The lowest BCUT2D eigenvalue weighted by molar-refractivity contribution is 0.118. The zero-order valence-corrected chi connectivity index (χ0v) is 17.8. The van der Waals surface area contributed by atoms with Gasteiger partial charge in [0, 0.05) is 13.2 Å². The molecule has 0 saturated heterocycles. The Bertz CT molecular complexity index is 275. The van der Waals surface area contributed by atoms with Gasteiger partial charge in [0.15, 0.2) is 0 Å². The largest absolute Gasteiger partial charge is 0.381 e. The van der Waals surface area contributed by atoms with Gasteiger partial charge in [-0.25, -0.2) is 0 Å². The number of rotatable bonds is 18. The van der Waals surface area contributed by atoms with E-state index < -0.39 is 0 Å². The van der Waals surface area contributed by atoms with Crippen molar-refractivity contribution in [2.24, 2.45) is 11.8 Å². The summed E-state index contributed by atoms with van der Waals surface area (Å²) in [7, 11) is 0. The van der Waals surface area contributed by atoms with Crippen molar-refractivity contribution in [3.8, 4) is 0 Å². The predicted octanol–water partition coefficient (Wildman–Crippen LogP) is 8.11. The quantitative estimate of drug-likeness (QED) is 0.179. The van der Waals surface area contributed by atoms with Gasteiger partial charge in [0.25, 0.3) is 0 Å². The van der Waals surface area contributed by atoms with Crippen LogP contribution in [-0.4, -0.2) is 13.2 Å². The molecule has 0 aliphatic carbocycles. The molecule has 0 amide bonds. The molecule has 148 valence electrons. The highest BCUT2D eigenvalue weighted by molar-refractivity contribution is 4.87. The molecule has 2 unspecified atom stereocenters. The van der Waals surface area contributed by atoms with E-state index in [0.29, 0.717) is 11.8 Å². The summed E-state index contributed by atoms with van der Waals surface area (Å²) >= 11 is 0. The van der Waals surface area contributed by atoms with Crippen LogP contribution in [0.4, 0.5) is 0 Å². The predicted molar refractivity (Wildman–Crippen MR) is 114 cm³/mol. The van der Waals surface area contributed by atoms with Crippen LogP contribution >= 0.6 is 0 Å². The third-order valence-corrected chi connectivity index (χ3v) is 4.81. The van der Waals surface area contributed by atoms with E-state index in [2.05, 4.69) is 52.0 Å². The van der Waals surface area contributed by atoms with Gasteiger partial charge < -0.3 is 4.74 Å². The molecular weight excluding hydrogens is 304 g/mol. The van der Waals surface area contributed by atoms with Crippen LogP contribution in [0.5, 0.6) is 0 Å². The number of allylic oxidation sites excluding steroid dienone is 4. The third-order valence-electron chi connectivity index (χ3n) is 4.81. The van der Waals surface area contributed by atoms with E-state index in [0.717, 1.165) is 26.1 Å². The van der Waals surface area contributed by atoms with E-state index in [1.54, 1.807) is 0 Å². The first kappa shape index (κ1) is 24.4. The second kappa shape index (κ2) is 19.8. The Morgan fingerprint density at radius 3 is 1.48 bits per heavy atom. The Balaban J connectivity index is 3.45. The molecule has 0 heterocycles.